The lowest BCUT2D eigenvalue weighted by atomic mass is 9.97. The highest BCUT2D eigenvalue weighted by atomic mass is 79.9. The summed E-state index contributed by atoms with van der Waals surface area (Å²) in [7, 11) is 3.03. The van der Waals surface area contributed by atoms with E-state index in [1.807, 2.05) is 0 Å². The molecule has 1 aromatic heterocycles. The number of phenolic OH excluding ortho intramolecular Hbond substituents is 2. The Balaban J connectivity index is 2.41. The van der Waals surface area contributed by atoms with Crippen molar-refractivity contribution in [1.82, 2.24) is 0 Å². The maximum absolute atomic E-state index is 12.7. The minimum Gasteiger partial charge on any atom is -0.506 e. The average Bonchev–Trinajstić information content (AvgIpc) is 2.64. The molecule has 0 unspecified atom stereocenters. The molecule has 6 nitrogen and oxygen atoms in total. The maximum Gasteiger partial charge on any atom is 0.344 e. The van der Waals surface area contributed by atoms with E-state index in [0.29, 0.717) is 39.1 Å². The quantitative estimate of drug-likeness (QED) is 0.615. The van der Waals surface area contributed by atoms with Gasteiger partial charge in [0.2, 0.25) is 0 Å². The van der Waals surface area contributed by atoms with Gasteiger partial charge in [0.25, 0.3) is 0 Å². The number of halogens is 1. The van der Waals surface area contributed by atoms with Gasteiger partial charge in [-0.3, -0.25) is 0 Å². The van der Waals surface area contributed by atoms with Crippen molar-refractivity contribution in [1.29, 1.82) is 0 Å². The number of fused-ring (bicyclic) bond motifs is 1. The lowest BCUT2D eigenvalue weighted by Gasteiger charge is -2.14. The van der Waals surface area contributed by atoms with Crippen LogP contribution in [0.2, 0.25) is 0 Å². The van der Waals surface area contributed by atoms with Crippen LogP contribution in [0.4, 0.5) is 0 Å². The number of aryl methyl sites for hydroxylation is 2. The Bertz CT molecular complexity index is 1080. The van der Waals surface area contributed by atoms with Crippen molar-refractivity contribution in [3.8, 4) is 34.1 Å². The third kappa shape index (κ3) is 2.59. The summed E-state index contributed by atoms with van der Waals surface area (Å²) in [5.41, 5.74) is 1.33. The highest BCUT2D eigenvalue weighted by Crippen LogP contribution is 2.45. The number of benzene rings is 2. The summed E-state index contributed by atoms with van der Waals surface area (Å²) < 4.78 is 16.1. The van der Waals surface area contributed by atoms with Crippen molar-refractivity contribution < 1.29 is 24.1 Å². The van der Waals surface area contributed by atoms with E-state index in [9.17, 15) is 15.0 Å². The number of hydrogen-bond donors (Lipinski definition) is 2. The van der Waals surface area contributed by atoms with Crippen LogP contribution in [0.3, 0.4) is 0 Å². The molecule has 0 saturated heterocycles. The number of hydrogen-bond acceptors (Lipinski definition) is 6. The fourth-order valence-corrected chi connectivity index (χ4v) is 3.51. The van der Waals surface area contributed by atoms with E-state index in [1.165, 1.54) is 14.2 Å². The van der Waals surface area contributed by atoms with E-state index in [2.05, 4.69) is 15.9 Å². The molecule has 26 heavy (non-hydrogen) atoms. The first-order valence-corrected chi connectivity index (χ1v) is 8.50. The minimum absolute atomic E-state index is 0.148. The Morgan fingerprint density at radius 2 is 1.65 bits per heavy atom. The molecule has 0 amide bonds. The molecule has 0 saturated carbocycles. The largest absolute Gasteiger partial charge is 0.506 e. The van der Waals surface area contributed by atoms with E-state index in [1.54, 1.807) is 32.0 Å². The van der Waals surface area contributed by atoms with Crippen molar-refractivity contribution in [3.63, 3.8) is 0 Å². The molecular weight excluding hydrogens is 404 g/mol. The molecule has 1 heterocycles. The van der Waals surface area contributed by atoms with Crippen molar-refractivity contribution in [2.45, 2.75) is 13.8 Å². The van der Waals surface area contributed by atoms with Gasteiger partial charge in [-0.1, -0.05) is 6.07 Å². The average molecular weight is 421 g/mol. The zero-order valence-electron chi connectivity index (χ0n) is 14.6. The van der Waals surface area contributed by atoms with Crippen molar-refractivity contribution in [2.75, 3.05) is 14.2 Å². The molecule has 136 valence electrons. The summed E-state index contributed by atoms with van der Waals surface area (Å²) in [6.07, 6.45) is 0. The summed E-state index contributed by atoms with van der Waals surface area (Å²) in [6, 6.07) is 5.07. The highest BCUT2D eigenvalue weighted by molar-refractivity contribution is 9.10. The minimum atomic E-state index is -0.577. The van der Waals surface area contributed by atoms with Gasteiger partial charge in [0.1, 0.15) is 21.6 Å². The Hall–Kier alpha value is -2.67. The molecule has 3 aromatic rings. The molecule has 0 aliphatic rings. The smallest absolute Gasteiger partial charge is 0.344 e. The Labute approximate surface area is 157 Å². The Morgan fingerprint density at radius 3 is 2.27 bits per heavy atom. The Morgan fingerprint density at radius 1 is 1.00 bits per heavy atom. The number of methoxy groups -OCH3 is 2. The lowest BCUT2D eigenvalue weighted by molar-refractivity contribution is 0.355. The van der Waals surface area contributed by atoms with Crippen LogP contribution in [0.15, 0.2) is 31.9 Å². The standard InChI is InChI=1S/C19H17BrO6/c1-8-13(10-5-6-11(24-3)12(7-10)25-4)19(23)26-18-9(2)16(21)15(20)17(22)14(8)18/h5-7,21-22H,1-4H3. The summed E-state index contributed by atoms with van der Waals surface area (Å²) in [4.78, 5) is 12.7. The summed E-state index contributed by atoms with van der Waals surface area (Å²) in [5.74, 6) is 0.643. The lowest BCUT2D eigenvalue weighted by Crippen LogP contribution is -2.07. The van der Waals surface area contributed by atoms with Crippen molar-refractivity contribution in [2.24, 2.45) is 0 Å². The van der Waals surface area contributed by atoms with Gasteiger partial charge in [0.05, 0.1) is 25.2 Å². The molecule has 2 aromatic carbocycles. The van der Waals surface area contributed by atoms with Gasteiger partial charge < -0.3 is 24.1 Å². The molecular formula is C19H17BrO6. The molecule has 0 aliphatic heterocycles. The van der Waals surface area contributed by atoms with Crippen LogP contribution in [-0.4, -0.2) is 24.4 Å². The fraction of sp³-hybridized carbons (Fsp3) is 0.211. The molecule has 2 N–H and O–H groups in total. The van der Waals surface area contributed by atoms with Gasteiger partial charge in [0.15, 0.2) is 11.5 Å². The molecule has 0 fully saturated rings. The molecule has 7 heteroatoms. The second-order valence-corrected chi connectivity index (χ2v) is 6.59. The number of aromatic hydroxyl groups is 2. The first kappa shape index (κ1) is 18.1. The van der Waals surface area contributed by atoms with Crippen LogP contribution in [0.25, 0.3) is 22.1 Å². The SMILES string of the molecule is COc1ccc(-c2c(C)c3c(O)c(Br)c(O)c(C)c3oc2=O)cc1OC. The van der Waals surface area contributed by atoms with Crippen LogP contribution < -0.4 is 15.1 Å². The van der Waals surface area contributed by atoms with E-state index in [0.717, 1.165) is 0 Å². The molecule has 0 spiro atoms. The monoisotopic (exact) mass is 420 g/mol. The first-order valence-electron chi connectivity index (χ1n) is 7.71. The predicted octanol–water partition coefficient (Wildman–Crippen LogP) is 4.27. The maximum atomic E-state index is 12.7. The topological polar surface area (TPSA) is 89.1 Å². The number of ether oxygens (including phenoxy) is 2. The van der Waals surface area contributed by atoms with E-state index in [4.69, 9.17) is 13.9 Å². The third-order valence-electron chi connectivity index (χ3n) is 4.40. The van der Waals surface area contributed by atoms with Crippen LogP contribution in [-0.2, 0) is 0 Å². The van der Waals surface area contributed by atoms with Crippen LogP contribution in [0.1, 0.15) is 11.1 Å². The van der Waals surface area contributed by atoms with Crippen LogP contribution in [0, 0.1) is 13.8 Å². The second-order valence-electron chi connectivity index (χ2n) is 5.80. The van der Waals surface area contributed by atoms with Crippen molar-refractivity contribution >= 4 is 26.9 Å². The zero-order valence-corrected chi connectivity index (χ0v) is 16.2. The Kier molecular flexibility index (Phi) is 4.58. The number of phenols is 2. The first-order chi connectivity index (χ1) is 12.3. The van der Waals surface area contributed by atoms with Crippen LogP contribution in [0.5, 0.6) is 23.0 Å². The van der Waals surface area contributed by atoms with Crippen LogP contribution >= 0.6 is 15.9 Å². The fourth-order valence-electron chi connectivity index (χ4n) is 3.01. The molecule has 0 atom stereocenters. The van der Waals surface area contributed by atoms with Crippen molar-refractivity contribution in [3.05, 3.63) is 44.2 Å². The van der Waals surface area contributed by atoms with E-state index >= 15 is 0 Å². The summed E-state index contributed by atoms with van der Waals surface area (Å²) in [6.45, 7) is 3.33. The van der Waals surface area contributed by atoms with Gasteiger partial charge in [0, 0.05) is 5.56 Å². The van der Waals surface area contributed by atoms with E-state index < -0.39 is 5.63 Å². The van der Waals surface area contributed by atoms with Gasteiger partial charge >= 0.3 is 5.63 Å². The summed E-state index contributed by atoms with van der Waals surface area (Å²) in [5, 5.41) is 20.9. The van der Waals surface area contributed by atoms with Gasteiger partial charge in [-0.05, 0) is 53.0 Å². The third-order valence-corrected chi connectivity index (χ3v) is 5.15. The predicted molar refractivity (Wildman–Crippen MR) is 102 cm³/mol. The molecule has 3 rings (SSSR count). The normalized spacial score (nSPS) is 11.0. The van der Waals surface area contributed by atoms with E-state index in [-0.39, 0.29) is 21.6 Å². The van der Waals surface area contributed by atoms with Gasteiger partial charge in [-0.2, -0.15) is 0 Å². The van der Waals surface area contributed by atoms with Gasteiger partial charge in [-0.15, -0.1) is 0 Å². The highest BCUT2D eigenvalue weighted by Gasteiger charge is 2.23. The molecule has 0 radical (unpaired) electrons. The summed E-state index contributed by atoms with van der Waals surface area (Å²) >= 11 is 3.17. The second kappa shape index (κ2) is 6.57. The molecule has 0 bridgehead atoms. The van der Waals surface area contributed by atoms with Gasteiger partial charge in [-0.25, -0.2) is 4.79 Å². The molecule has 0 aliphatic carbocycles. The number of rotatable bonds is 3. The zero-order chi connectivity index (χ0) is 19.2.